The molecule has 10 heteroatoms. The van der Waals surface area contributed by atoms with Crippen molar-refractivity contribution in [2.45, 2.75) is 6.42 Å². The highest BCUT2D eigenvalue weighted by atomic mass is 35.5. The molecule has 166 valence electrons. The average Bonchev–Trinajstić information content (AvgIpc) is 2.78. The molecule has 4 aromatic rings. The van der Waals surface area contributed by atoms with Crippen molar-refractivity contribution >= 4 is 29.2 Å². The zero-order chi connectivity index (χ0) is 23.5. The van der Waals surface area contributed by atoms with Crippen LogP contribution in [-0.2, 0) is 13.5 Å². The first kappa shape index (κ1) is 22.1. The van der Waals surface area contributed by atoms with Gasteiger partial charge in [0.15, 0.2) is 5.82 Å². The summed E-state index contributed by atoms with van der Waals surface area (Å²) in [5.41, 5.74) is 14.9. The third kappa shape index (κ3) is 4.88. The Labute approximate surface area is 193 Å². The molecule has 0 fully saturated rings. The van der Waals surface area contributed by atoms with Gasteiger partial charge in [-0.3, -0.25) is 9.78 Å². The van der Waals surface area contributed by atoms with Gasteiger partial charge < -0.3 is 16.0 Å². The van der Waals surface area contributed by atoms with Gasteiger partial charge in [-0.25, -0.2) is 14.4 Å². The number of hydrogen-bond donors (Lipinski definition) is 2. The molecule has 3 heterocycles. The van der Waals surface area contributed by atoms with Crippen molar-refractivity contribution in [3.8, 4) is 22.4 Å². The van der Waals surface area contributed by atoms with Gasteiger partial charge in [0.05, 0.1) is 28.2 Å². The summed E-state index contributed by atoms with van der Waals surface area (Å²) in [5, 5.41) is 0.138. The molecule has 3 aromatic heterocycles. The minimum Gasteiger partial charge on any atom is -0.387 e. The van der Waals surface area contributed by atoms with Gasteiger partial charge in [0.2, 0.25) is 11.5 Å². The number of aliphatic imine (C=N–C) groups is 1. The molecule has 0 bridgehead atoms. The van der Waals surface area contributed by atoms with Gasteiger partial charge >= 0.3 is 0 Å². The normalized spacial score (nSPS) is 11.5. The van der Waals surface area contributed by atoms with Crippen molar-refractivity contribution < 1.29 is 4.39 Å². The average molecular weight is 464 g/mol. The van der Waals surface area contributed by atoms with Crippen molar-refractivity contribution in [1.82, 2.24) is 19.5 Å². The molecule has 4 rings (SSSR count). The van der Waals surface area contributed by atoms with Crippen LogP contribution in [0.1, 0.15) is 5.69 Å². The van der Waals surface area contributed by atoms with Gasteiger partial charge in [-0.1, -0.05) is 41.9 Å². The van der Waals surface area contributed by atoms with Crippen molar-refractivity contribution in [2.24, 2.45) is 17.8 Å². The largest absolute Gasteiger partial charge is 0.387 e. The van der Waals surface area contributed by atoms with Crippen molar-refractivity contribution in [1.29, 1.82) is 0 Å². The van der Waals surface area contributed by atoms with E-state index in [2.05, 4.69) is 19.9 Å². The molecule has 0 aliphatic carbocycles. The quantitative estimate of drug-likeness (QED) is 0.344. The minimum absolute atomic E-state index is 0.00640. The highest BCUT2D eigenvalue weighted by Gasteiger charge is 2.18. The smallest absolute Gasteiger partial charge is 0.250 e. The maximum Gasteiger partial charge on any atom is 0.250 e. The first-order valence-corrected chi connectivity index (χ1v) is 10.2. The second-order valence-electron chi connectivity index (χ2n) is 7.22. The SMILES string of the molecule is Cn1cc(-c2c(N=C(N)Cc3ncc(F)cc3Cl)nc(N)nc2-c2ccccc2)ccc1=O. The van der Waals surface area contributed by atoms with Crippen LogP contribution in [0.5, 0.6) is 0 Å². The fourth-order valence-electron chi connectivity index (χ4n) is 3.28. The molecule has 0 amide bonds. The summed E-state index contributed by atoms with van der Waals surface area (Å²) in [6, 6.07) is 13.7. The van der Waals surface area contributed by atoms with Crippen molar-refractivity contribution in [3.05, 3.63) is 87.8 Å². The van der Waals surface area contributed by atoms with E-state index < -0.39 is 5.82 Å². The Kier molecular flexibility index (Phi) is 6.14. The lowest BCUT2D eigenvalue weighted by molar-refractivity contribution is 0.620. The molecule has 4 N–H and O–H groups in total. The molecule has 0 radical (unpaired) electrons. The standard InChI is InChI=1S/C23H19ClFN7O/c1-32-12-14(7-8-19(32)33)20-21(13-5-3-2-4-6-13)30-23(27)31-22(20)29-18(26)10-17-16(24)9-15(25)11-28-17/h2-9,11-12H,10H2,1H3,(H4,26,27,29,30,31). The molecule has 0 saturated carbocycles. The summed E-state index contributed by atoms with van der Waals surface area (Å²) < 4.78 is 14.8. The lowest BCUT2D eigenvalue weighted by atomic mass is 10.0. The summed E-state index contributed by atoms with van der Waals surface area (Å²) in [6.45, 7) is 0. The Bertz CT molecular complexity index is 1420. The maximum atomic E-state index is 13.3. The number of aromatic nitrogens is 4. The second-order valence-corrected chi connectivity index (χ2v) is 7.63. The Morgan fingerprint density at radius 1 is 1.15 bits per heavy atom. The fourth-order valence-corrected chi connectivity index (χ4v) is 3.50. The molecular formula is C23H19ClFN7O. The van der Waals surface area contributed by atoms with Crippen LogP contribution in [0.25, 0.3) is 22.4 Å². The third-order valence-electron chi connectivity index (χ3n) is 4.81. The number of nitrogens with two attached hydrogens (primary N) is 2. The zero-order valence-corrected chi connectivity index (χ0v) is 18.3. The topological polar surface area (TPSA) is 125 Å². The van der Waals surface area contributed by atoms with Crippen LogP contribution in [-0.4, -0.2) is 25.4 Å². The number of aryl methyl sites for hydroxylation is 1. The number of nitrogens with zero attached hydrogens (tertiary/aromatic N) is 5. The highest BCUT2D eigenvalue weighted by Crippen LogP contribution is 2.37. The van der Waals surface area contributed by atoms with Gasteiger partial charge in [0.1, 0.15) is 11.7 Å². The van der Waals surface area contributed by atoms with E-state index in [9.17, 15) is 9.18 Å². The summed E-state index contributed by atoms with van der Waals surface area (Å²) in [4.78, 5) is 29.2. The second kappa shape index (κ2) is 9.17. The summed E-state index contributed by atoms with van der Waals surface area (Å²) in [7, 11) is 1.64. The molecule has 0 aliphatic heterocycles. The van der Waals surface area contributed by atoms with Gasteiger partial charge in [0, 0.05) is 36.9 Å². The van der Waals surface area contributed by atoms with Gasteiger partial charge in [-0.2, -0.15) is 4.98 Å². The lowest BCUT2D eigenvalue weighted by Crippen LogP contribution is -2.16. The van der Waals surface area contributed by atoms with E-state index in [0.717, 1.165) is 17.8 Å². The number of hydrogen-bond acceptors (Lipinski definition) is 6. The van der Waals surface area contributed by atoms with Crippen LogP contribution in [0, 0.1) is 5.82 Å². The monoisotopic (exact) mass is 463 g/mol. The van der Waals surface area contributed by atoms with Crippen molar-refractivity contribution in [3.63, 3.8) is 0 Å². The Morgan fingerprint density at radius 2 is 1.91 bits per heavy atom. The number of halogens is 2. The Morgan fingerprint density at radius 3 is 2.61 bits per heavy atom. The zero-order valence-electron chi connectivity index (χ0n) is 17.5. The first-order chi connectivity index (χ1) is 15.8. The van der Waals surface area contributed by atoms with Crippen LogP contribution in [0.4, 0.5) is 16.2 Å². The summed E-state index contributed by atoms with van der Waals surface area (Å²) >= 11 is 6.08. The minimum atomic E-state index is -0.549. The van der Waals surface area contributed by atoms with Crippen LogP contribution < -0.4 is 17.0 Å². The van der Waals surface area contributed by atoms with Crippen molar-refractivity contribution in [2.75, 3.05) is 5.73 Å². The summed E-state index contributed by atoms with van der Waals surface area (Å²) in [6.07, 6.45) is 2.79. The third-order valence-corrected chi connectivity index (χ3v) is 5.14. The van der Waals surface area contributed by atoms with Crippen LogP contribution in [0.3, 0.4) is 0 Å². The Hall–Kier alpha value is -4.11. The number of nitrogen functional groups attached to an aromatic ring is 1. The number of anilines is 1. The van der Waals surface area contributed by atoms with Crippen LogP contribution in [0.2, 0.25) is 5.02 Å². The van der Waals surface area contributed by atoms with Gasteiger partial charge in [-0.15, -0.1) is 0 Å². The van der Waals surface area contributed by atoms with E-state index in [4.69, 9.17) is 23.1 Å². The first-order valence-electron chi connectivity index (χ1n) is 9.85. The molecule has 0 unspecified atom stereocenters. The number of rotatable bonds is 5. The molecule has 33 heavy (non-hydrogen) atoms. The number of amidine groups is 1. The van der Waals surface area contributed by atoms with E-state index >= 15 is 0 Å². The lowest BCUT2D eigenvalue weighted by Gasteiger charge is -2.14. The fraction of sp³-hybridized carbons (Fsp3) is 0.0870. The molecular weight excluding hydrogens is 445 g/mol. The van der Waals surface area contributed by atoms with Gasteiger partial charge in [0.25, 0.3) is 0 Å². The predicted octanol–water partition coefficient (Wildman–Crippen LogP) is 3.51. The molecule has 0 atom stereocenters. The van der Waals surface area contributed by atoms with E-state index in [-0.39, 0.29) is 34.6 Å². The predicted molar refractivity (Wildman–Crippen MR) is 127 cm³/mol. The van der Waals surface area contributed by atoms with E-state index in [1.807, 2.05) is 30.3 Å². The summed E-state index contributed by atoms with van der Waals surface area (Å²) in [5.74, 6) is -0.186. The molecule has 1 aromatic carbocycles. The molecule has 0 spiro atoms. The molecule has 0 aliphatic rings. The maximum absolute atomic E-state index is 13.3. The van der Waals surface area contributed by atoms with E-state index in [0.29, 0.717) is 22.5 Å². The van der Waals surface area contributed by atoms with E-state index in [1.54, 1.807) is 19.3 Å². The Balaban J connectivity index is 1.89. The van der Waals surface area contributed by atoms with Crippen LogP contribution in [0.15, 0.2) is 70.7 Å². The van der Waals surface area contributed by atoms with Crippen LogP contribution >= 0.6 is 11.6 Å². The molecule has 0 saturated heterocycles. The number of benzene rings is 1. The molecule has 8 nitrogen and oxygen atoms in total. The van der Waals surface area contributed by atoms with E-state index in [1.165, 1.54) is 10.6 Å². The van der Waals surface area contributed by atoms with Gasteiger partial charge in [-0.05, 0) is 12.1 Å². The number of pyridine rings is 2. The highest BCUT2D eigenvalue weighted by molar-refractivity contribution is 6.31.